The first-order chi connectivity index (χ1) is 14.9. The van der Waals surface area contributed by atoms with Crippen molar-refractivity contribution in [2.45, 2.75) is 67.0 Å². The van der Waals surface area contributed by atoms with E-state index >= 15 is 0 Å². The molecule has 0 aromatic heterocycles. The zero-order valence-electron chi connectivity index (χ0n) is 20.4. The number of aryl methyl sites for hydroxylation is 1. The van der Waals surface area contributed by atoms with Gasteiger partial charge in [-0.15, -0.1) is 0 Å². The summed E-state index contributed by atoms with van der Waals surface area (Å²) < 4.78 is 11.5. The molecule has 0 aliphatic heterocycles. The number of carbonyl (C=O) groups is 1. The normalized spacial score (nSPS) is 11.9. The Bertz CT molecular complexity index is 903. The third-order valence-corrected chi connectivity index (χ3v) is 5.19. The van der Waals surface area contributed by atoms with Crippen molar-refractivity contribution in [3.05, 3.63) is 52.5 Å². The number of carbonyl (C=O) groups excluding carboxylic acids is 1. The van der Waals surface area contributed by atoms with E-state index in [-0.39, 0.29) is 23.5 Å². The minimum atomic E-state index is -0.248. The van der Waals surface area contributed by atoms with Crippen LogP contribution in [-0.2, 0) is 11.3 Å². The summed E-state index contributed by atoms with van der Waals surface area (Å²) in [5, 5.41) is 6.99. The highest BCUT2D eigenvalue weighted by molar-refractivity contribution is 6.31. The van der Waals surface area contributed by atoms with Gasteiger partial charge < -0.3 is 20.1 Å². The Hall–Kier alpha value is -2.24. The van der Waals surface area contributed by atoms with Gasteiger partial charge in [-0.2, -0.15) is 0 Å². The summed E-state index contributed by atoms with van der Waals surface area (Å²) in [4.78, 5) is 12.3. The molecule has 0 heterocycles. The number of anilines is 1. The average Bonchev–Trinajstić information content (AvgIpc) is 2.67. The Morgan fingerprint density at radius 3 is 2.22 bits per heavy atom. The molecule has 0 radical (unpaired) electrons. The molecule has 0 unspecified atom stereocenters. The lowest BCUT2D eigenvalue weighted by Gasteiger charge is -2.33. The average molecular weight is 461 g/mol. The number of hydrogen-bond donors (Lipinski definition) is 2. The van der Waals surface area contributed by atoms with Gasteiger partial charge in [-0.1, -0.05) is 50.1 Å². The smallest absolute Gasteiger partial charge is 0.262 e. The number of halogens is 1. The Labute approximate surface area is 197 Å². The maximum absolute atomic E-state index is 12.3. The maximum Gasteiger partial charge on any atom is 0.262 e. The second-order valence-electron chi connectivity index (χ2n) is 10.0. The molecule has 0 saturated carbocycles. The molecule has 2 aromatic carbocycles. The van der Waals surface area contributed by atoms with Crippen molar-refractivity contribution < 1.29 is 14.3 Å². The van der Waals surface area contributed by atoms with Gasteiger partial charge in [-0.25, -0.2) is 0 Å². The fourth-order valence-corrected chi connectivity index (χ4v) is 4.01. The molecule has 2 N–H and O–H groups in total. The summed E-state index contributed by atoms with van der Waals surface area (Å²) >= 11 is 6.55. The summed E-state index contributed by atoms with van der Waals surface area (Å²) in [6.45, 7) is 15.9. The van der Waals surface area contributed by atoms with Crippen molar-refractivity contribution in [3.63, 3.8) is 0 Å². The molecule has 0 spiro atoms. The molecule has 0 fully saturated rings. The van der Waals surface area contributed by atoms with Gasteiger partial charge in [0.15, 0.2) is 18.1 Å². The number of rotatable bonds is 10. The molecular formula is C26H37ClN2O3. The van der Waals surface area contributed by atoms with Crippen molar-refractivity contribution >= 4 is 23.2 Å². The van der Waals surface area contributed by atoms with E-state index in [4.69, 9.17) is 21.1 Å². The molecule has 2 aromatic rings. The first kappa shape index (κ1) is 26.0. The second-order valence-corrected chi connectivity index (χ2v) is 10.4. The van der Waals surface area contributed by atoms with Gasteiger partial charge in [0.05, 0.1) is 6.61 Å². The number of benzene rings is 2. The number of hydrogen-bond acceptors (Lipinski definition) is 4. The molecule has 176 valence electrons. The van der Waals surface area contributed by atoms with Gasteiger partial charge in [0.25, 0.3) is 5.91 Å². The minimum Gasteiger partial charge on any atom is -0.490 e. The molecule has 0 aliphatic rings. The first-order valence-electron chi connectivity index (χ1n) is 11.1. The van der Waals surface area contributed by atoms with Crippen molar-refractivity contribution in [1.82, 2.24) is 5.32 Å². The van der Waals surface area contributed by atoms with Crippen LogP contribution in [0.3, 0.4) is 0 Å². The Morgan fingerprint density at radius 1 is 1.00 bits per heavy atom. The summed E-state index contributed by atoms with van der Waals surface area (Å²) in [5.74, 6) is 0.779. The highest BCUT2D eigenvalue weighted by Crippen LogP contribution is 2.34. The quantitative estimate of drug-likeness (QED) is 0.432. The third kappa shape index (κ3) is 8.71. The van der Waals surface area contributed by atoms with Gasteiger partial charge in [0.1, 0.15) is 0 Å². The van der Waals surface area contributed by atoms with Crippen LogP contribution in [0.4, 0.5) is 5.69 Å². The fraction of sp³-hybridized carbons (Fsp3) is 0.500. The van der Waals surface area contributed by atoms with Gasteiger partial charge in [-0.05, 0) is 63.3 Å². The molecule has 0 aliphatic carbocycles. The standard InChI is InChI=1S/C26H37ClN2O3/c1-8-31-22-13-19(15-28-26(6,7)17-25(3,4)5)21(27)14-23(22)32-16-24(30)29-20-11-9-18(2)10-12-20/h9-14,28H,8,15-17H2,1-7H3,(H,29,30). The predicted octanol–water partition coefficient (Wildman–Crippen LogP) is 6.37. The fourth-order valence-electron chi connectivity index (χ4n) is 3.79. The van der Waals surface area contributed by atoms with E-state index < -0.39 is 0 Å². The largest absolute Gasteiger partial charge is 0.490 e. The molecule has 5 nitrogen and oxygen atoms in total. The highest BCUT2D eigenvalue weighted by Gasteiger charge is 2.25. The molecule has 0 atom stereocenters. The van der Waals surface area contributed by atoms with Crippen LogP contribution >= 0.6 is 11.6 Å². The topological polar surface area (TPSA) is 59.6 Å². The van der Waals surface area contributed by atoms with Gasteiger partial charge in [-0.3, -0.25) is 4.79 Å². The van der Waals surface area contributed by atoms with Crippen molar-refractivity contribution in [2.75, 3.05) is 18.5 Å². The monoisotopic (exact) mass is 460 g/mol. The molecule has 2 rings (SSSR count). The lowest BCUT2D eigenvalue weighted by molar-refractivity contribution is -0.118. The van der Waals surface area contributed by atoms with Gasteiger partial charge in [0, 0.05) is 28.9 Å². The molecule has 6 heteroatoms. The van der Waals surface area contributed by atoms with Gasteiger partial charge >= 0.3 is 0 Å². The molecular weight excluding hydrogens is 424 g/mol. The van der Waals surface area contributed by atoms with E-state index in [2.05, 4.69) is 45.3 Å². The molecule has 32 heavy (non-hydrogen) atoms. The zero-order chi connectivity index (χ0) is 23.9. The molecule has 0 bridgehead atoms. The number of amides is 1. The van der Waals surface area contributed by atoms with Crippen LogP contribution in [0.25, 0.3) is 0 Å². The van der Waals surface area contributed by atoms with Crippen LogP contribution in [0, 0.1) is 12.3 Å². The highest BCUT2D eigenvalue weighted by atomic mass is 35.5. The lowest BCUT2D eigenvalue weighted by Crippen LogP contribution is -2.41. The second kappa shape index (κ2) is 11.1. The summed E-state index contributed by atoms with van der Waals surface area (Å²) in [5.41, 5.74) is 2.95. The zero-order valence-corrected chi connectivity index (χ0v) is 21.2. The van der Waals surface area contributed by atoms with Crippen LogP contribution in [-0.4, -0.2) is 24.7 Å². The van der Waals surface area contributed by atoms with E-state index in [1.165, 1.54) is 0 Å². The van der Waals surface area contributed by atoms with Crippen LogP contribution in [0.1, 0.15) is 59.1 Å². The van der Waals surface area contributed by atoms with Crippen LogP contribution in [0.2, 0.25) is 5.02 Å². The van der Waals surface area contributed by atoms with E-state index in [1.54, 1.807) is 6.07 Å². The third-order valence-electron chi connectivity index (χ3n) is 4.84. The number of nitrogens with one attached hydrogen (secondary N) is 2. The SMILES string of the molecule is CCOc1cc(CNC(C)(C)CC(C)(C)C)c(Cl)cc1OCC(=O)Nc1ccc(C)cc1. The van der Waals surface area contributed by atoms with Crippen molar-refractivity contribution in [3.8, 4) is 11.5 Å². The Balaban J connectivity index is 2.05. The van der Waals surface area contributed by atoms with Crippen LogP contribution < -0.4 is 20.1 Å². The van der Waals surface area contributed by atoms with E-state index in [1.807, 2.05) is 44.2 Å². The molecule has 0 saturated heterocycles. The summed E-state index contributed by atoms with van der Waals surface area (Å²) in [7, 11) is 0. The Kier molecular flexibility index (Phi) is 8.99. The summed E-state index contributed by atoms with van der Waals surface area (Å²) in [6, 6.07) is 11.2. The van der Waals surface area contributed by atoms with E-state index in [0.717, 1.165) is 23.2 Å². The first-order valence-corrected chi connectivity index (χ1v) is 11.5. The van der Waals surface area contributed by atoms with Crippen molar-refractivity contribution in [2.24, 2.45) is 5.41 Å². The summed E-state index contributed by atoms with van der Waals surface area (Å²) in [6.07, 6.45) is 1.02. The molecule has 1 amide bonds. The van der Waals surface area contributed by atoms with Crippen LogP contribution in [0.15, 0.2) is 36.4 Å². The Morgan fingerprint density at radius 2 is 1.62 bits per heavy atom. The number of ether oxygens (including phenoxy) is 2. The van der Waals surface area contributed by atoms with Crippen molar-refractivity contribution in [1.29, 1.82) is 0 Å². The van der Waals surface area contributed by atoms with E-state index in [0.29, 0.717) is 29.7 Å². The van der Waals surface area contributed by atoms with Crippen LogP contribution in [0.5, 0.6) is 11.5 Å². The predicted molar refractivity (Wildman–Crippen MR) is 133 cm³/mol. The lowest BCUT2D eigenvalue weighted by atomic mass is 9.82. The van der Waals surface area contributed by atoms with E-state index in [9.17, 15) is 4.79 Å². The minimum absolute atomic E-state index is 0.0450. The maximum atomic E-state index is 12.3. The van der Waals surface area contributed by atoms with Gasteiger partial charge in [0.2, 0.25) is 0 Å².